The number of anilines is 2. The van der Waals surface area contributed by atoms with E-state index in [1.54, 1.807) is 4.90 Å². The molecule has 2 aliphatic rings. The number of carboxylic acid groups (broad SMARTS) is 1. The van der Waals surface area contributed by atoms with Gasteiger partial charge in [0.2, 0.25) is 5.91 Å². The SMILES string of the molecule is COC(=O)[C@@H]1CN(c2cc(C)n(Cc3ccccc3)n2)CCN1.COC(=O)[C@@H]1CN(c2cc(C)n(Cc3ccccc3)n2)CCN1C(=O)C(c1ccccc1)c1ccccc1.O=C(O)C(c1ccccc1)c1ccccc1. The highest BCUT2D eigenvalue weighted by Gasteiger charge is 2.40. The van der Waals surface area contributed by atoms with E-state index in [0.29, 0.717) is 32.7 Å². The van der Waals surface area contributed by atoms with Gasteiger partial charge in [-0.25, -0.2) is 4.79 Å². The van der Waals surface area contributed by atoms with Crippen molar-refractivity contribution in [2.75, 3.05) is 63.3 Å². The number of hydrogen-bond acceptors (Lipinski definition) is 11. The Morgan fingerprint density at radius 3 is 1.32 bits per heavy atom. The molecule has 4 heterocycles. The standard InChI is InChI=1S/C31H32N4O3.C17H22N4O2.C14H12O2/c1-23-20-28(32-35(23)21-24-12-6-3-7-13-24)33-18-19-34(27(22-33)31(37)38-2)30(36)29(25-14-8-4-9-15-25)26-16-10-5-11-17-26;1-13-10-16(19-21(13)11-14-6-4-3-5-7-14)20-9-8-18-15(12-20)17(22)23-2;15-14(16)13(11-7-3-1-4-8-11)12-9-5-2-6-10-12/h3-17,20,27,29H,18-19,21-22H2,1-2H3;3-7,10,15,18H,8-9,11-12H2,1-2H3;1-10,13H,(H,15,16)/t27-;15-;/m00./s1. The number of aryl methyl sites for hydroxylation is 2. The van der Waals surface area contributed by atoms with E-state index in [-0.39, 0.29) is 17.9 Å². The van der Waals surface area contributed by atoms with Crippen LogP contribution in [0.1, 0.15) is 56.6 Å². The molecule has 15 heteroatoms. The first-order valence-electron chi connectivity index (χ1n) is 25.8. The molecule has 2 atom stereocenters. The summed E-state index contributed by atoms with van der Waals surface area (Å²) in [5.74, 6) is -0.971. The number of aliphatic carboxylic acids is 1. The van der Waals surface area contributed by atoms with Crippen molar-refractivity contribution in [3.8, 4) is 0 Å². The molecule has 0 unspecified atom stereocenters. The van der Waals surface area contributed by atoms with Crippen molar-refractivity contribution in [1.82, 2.24) is 29.8 Å². The lowest BCUT2D eigenvalue weighted by Crippen LogP contribution is -2.59. The summed E-state index contributed by atoms with van der Waals surface area (Å²) in [5.41, 5.74) is 7.93. The minimum Gasteiger partial charge on any atom is -0.481 e. The number of carbonyl (C=O) groups excluding carboxylic acids is 3. The quantitative estimate of drug-likeness (QED) is 0.100. The Bertz CT molecular complexity index is 3060. The number of rotatable bonds is 14. The van der Waals surface area contributed by atoms with Crippen molar-refractivity contribution in [2.24, 2.45) is 0 Å². The Balaban J connectivity index is 0.000000170. The second-order valence-electron chi connectivity index (χ2n) is 18.9. The summed E-state index contributed by atoms with van der Waals surface area (Å²) in [6, 6.07) is 61.5. The summed E-state index contributed by atoms with van der Waals surface area (Å²) < 4.78 is 14.0. The summed E-state index contributed by atoms with van der Waals surface area (Å²) in [5, 5.41) is 22.0. The maximum absolute atomic E-state index is 14.1. The van der Waals surface area contributed by atoms with E-state index >= 15 is 0 Å². The number of piperazine rings is 2. The molecule has 1 amide bonds. The zero-order valence-electron chi connectivity index (χ0n) is 44.0. The number of ether oxygens (including phenoxy) is 2. The van der Waals surface area contributed by atoms with E-state index in [1.807, 2.05) is 180 Å². The molecule has 2 N–H and O–H groups in total. The molecule has 2 fully saturated rings. The summed E-state index contributed by atoms with van der Waals surface area (Å²) in [4.78, 5) is 56.0. The zero-order valence-corrected chi connectivity index (χ0v) is 44.0. The summed E-state index contributed by atoms with van der Waals surface area (Å²) in [6.07, 6.45) is 0. The molecule has 0 radical (unpaired) electrons. The number of benzene rings is 6. The first-order valence-corrected chi connectivity index (χ1v) is 25.8. The number of aromatic nitrogens is 4. The van der Waals surface area contributed by atoms with E-state index in [2.05, 4.69) is 52.4 Å². The molecule has 0 aliphatic carbocycles. The van der Waals surface area contributed by atoms with Crippen molar-refractivity contribution in [1.29, 1.82) is 0 Å². The first kappa shape index (κ1) is 54.4. The van der Waals surface area contributed by atoms with Gasteiger partial charge in [0.1, 0.15) is 18.0 Å². The molecule has 2 aromatic heterocycles. The summed E-state index contributed by atoms with van der Waals surface area (Å²) in [7, 11) is 2.79. The topological polar surface area (TPSA) is 164 Å². The van der Waals surface area contributed by atoms with Gasteiger partial charge in [-0.15, -0.1) is 0 Å². The van der Waals surface area contributed by atoms with Crippen LogP contribution in [0, 0.1) is 13.8 Å². The van der Waals surface area contributed by atoms with E-state index in [4.69, 9.17) is 19.7 Å². The average Bonchev–Trinajstić information content (AvgIpc) is 4.04. The Morgan fingerprint density at radius 1 is 0.532 bits per heavy atom. The summed E-state index contributed by atoms with van der Waals surface area (Å²) in [6.45, 7) is 8.92. The van der Waals surface area contributed by atoms with Gasteiger partial charge in [0, 0.05) is 56.2 Å². The van der Waals surface area contributed by atoms with Crippen LogP contribution in [0.4, 0.5) is 11.6 Å². The predicted octanol–water partition coefficient (Wildman–Crippen LogP) is 8.36. The second-order valence-corrected chi connectivity index (χ2v) is 18.9. The molecular formula is C62H66N8O7. The highest BCUT2D eigenvalue weighted by molar-refractivity contribution is 5.92. The van der Waals surface area contributed by atoms with Crippen LogP contribution >= 0.6 is 0 Å². The minimum absolute atomic E-state index is 0.108. The second kappa shape index (κ2) is 26.6. The lowest BCUT2D eigenvalue weighted by Gasteiger charge is -2.41. The number of nitrogens with zero attached hydrogens (tertiary/aromatic N) is 7. The number of esters is 2. The molecule has 396 valence electrons. The van der Waals surface area contributed by atoms with E-state index < -0.39 is 29.8 Å². The highest BCUT2D eigenvalue weighted by atomic mass is 16.5. The van der Waals surface area contributed by atoms with Crippen LogP contribution in [0.25, 0.3) is 0 Å². The molecular weight excluding hydrogens is 969 g/mol. The van der Waals surface area contributed by atoms with Crippen LogP contribution in [-0.2, 0) is 41.7 Å². The van der Waals surface area contributed by atoms with Crippen molar-refractivity contribution in [3.63, 3.8) is 0 Å². The fraction of sp³-hybridized carbons (Fsp3) is 0.258. The van der Waals surface area contributed by atoms with E-state index in [9.17, 15) is 24.3 Å². The van der Waals surface area contributed by atoms with Crippen LogP contribution in [0.3, 0.4) is 0 Å². The molecule has 15 nitrogen and oxygen atoms in total. The van der Waals surface area contributed by atoms with Gasteiger partial charge < -0.3 is 34.6 Å². The van der Waals surface area contributed by atoms with Gasteiger partial charge in [-0.3, -0.25) is 23.7 Å². The molecule has 6 aromatic carbocycles. The van der Waals surface area contributed by atoms with Gasteiger partial charge in [0.05, 0.1) is 39.8 Å². The lowest BCUT2D eigenvalue weighted by molar-refractivity contribution is -0.153. The molecule has 77 heavy (non-hydrogen) atoms. The van der Waals surface area contributed by atoms with Crippen molar-refractivity contribution in [3.05, 3.63) is 239 Å². The average molecular weight is 1040 g/mol. The monoisotopic (exact) mass is 1030 g/mol. The molecule has 0 bridgehead atoms. The Kier molecular flexibility index (Phi) is 18.8. The van der Waals surface area contributed by atoms with Gasteiger partial charge in [0.15, 0.2) is 11.6 Å². The number of methoxy groups -OCH3 is 2. The van der Waals surface area contributed by atoms with Gasteiger partial charge >= 0.3 is 17.9 Å². The third kappa shape index (κ3) is 14.1. The van der Waals surface area contributed by atoms with Crippen LogP contribution in [0.2, 0.25) is 0 Å². The largest absolute Gasteiger partial charge is 0.481 e. The summed E-state index contributed by atoms with van der Waals surface area (Å²) >= 11 is 0. The first-order chi connectivity index (χ1) is 37.5. The fourth-order valence-electron chi connectivity index (χ4n) is 9.68. The number of carboxylic acids is 1. The Morgan fingerprint density at radius 2 is 0.922 bits per heavy atom. The zero-order chi connectivity index (χ0) is 54.1. The van der Waals surface area contributed by atoms with Crippen molar-refractivity contribution in [2.45, 2.75) is 50.9 Å². The third-order valence-electron chi connectivity index (χ3n) is 13.8. The number of amides is 1. The smallest absolute Gasteiger partial charge is 0.330 e. The van der Waals surface area contributed by atoms with Gasteiger partial charge in [-0.1, -0.05) is 182 Å². The number of hydrogen-bond donors (Lipinski definition) is 2. The minimum atomic E-state index is -0.822. The highest BCUT2D eigenvalue weighted by Crippen LogP contribution is 2.30. The van der Waals surface area contributed by atoms with Gasteiger partial charge in [-0.2, -0.15) is 10.2 Å². The molecule has 0 spiro atoms. The molecule has 10 rings (SSSR count). The van der Waals surface area contributed by atoms with Gasteiger partial charge in [-0.05, 0) is 47.2 Å². The number of nitrogens with one attached hydrogen (secondary N) is 1. The lowest BCUT2D eigenvalue weighted by atomic mass is 9.89. The normalized spacial score (nSPS) is 15.2. The van der Waals surface area contributed by atoms with Crippen molar-refractivity contribution >= 4 is 35.5 Å². The Labute approximate surface area is 450 Å². The third-order valence-corrected chi connectivity index (χ3v) is 13.8. The molecule has 0 saturated carbocycles. The molecule has 2 aliphatic heterocycles. The predicted molar refractivity (Wildman–Crippen MR) is 298 cm³/mol. The maximum Gasteiger partial charge on any atom is 0.330 e. The van der Waals surface area contributed by atoms with E-state index in [0.717, 1.165) is 64.9 Å². The van der Waals surface area contributed by atoms with Crippen LogP contribution in [0.5, 0.6) is 0 Å². The fourth-order valence-corrected chi connectivity index (χ4v) is 9.68. The molecule has 8 aromatic rings. The maximum atomic E-state index is 14.1. The van der Waals surface area contributed by atoms with Crippen LogP contribution in [-0.4, -0.2) is 119 Å². The Hall–Kier alpha value is -8.82. The molecule has 2 saturated heterocycles. The van der Waals surface area contributed by atoms with E-state index in [1.165, 1.54) is 25.3 Å². The number of carbonyl (C=O) groups is 4. The van der Waals surface area contributed by atoms with Crippen LogP contribution < -0.4 is 15.1 Å². The van der Waals surface area contributed by atoms with Crippen molar-refractivity contribution < 1.29 is 33.8 Å². The van der Waals surface area contributed by atoms with Gasteiger partial charge in [0.25, 0.3) is 0 Å². The van der Waals surface area contributed by atoms with Crippen LogP contribution in [0.15, 0.2) is 194 Å².